The lowest BCUT2D eigenvalue weighted by Crippen LogP contribution is -2.48. The fourth-order valence-electron chi connectivity index (χ4n) is 6.42. The molecule has 4 heterocycles. The van der Waals surface area contributed by atoms with Gasteiger partial charge >= 0.3 is 5.97 Å². The molecule has 2 aromatic heterocycles. The number of para-hydroxylation sites is 1. The SMILES string of the molecule is CC[C@@]1(O)C(=O)OCc2c1cc1n(c2=O)Cc2c-1nc1ccccc1c2CCN(C(=O)[C@@H](N)Cc1ccccc1)C(C)C. The number of rotatable bonds is 8. The highest BCUT2D eigenvalue weighted by Gasteiger charge is 2.45. The molecule has 43 heavy (non-hydrogen) atoms. The monoisotopic (exact) mass is 580 g/mol. The summed E-state index contributed by atoms with van der Waals surface area (Å²) in [6, 6.07) is 18.6. The quantitative estimate of drug-likeness (QED) is 0.269. The topological polar surface area (TPSA) is 128 Å². The third-order valence-electron chi connectivity index (χ3n) is 8.84. The third-order valence-corrected chi connectivity index (χ3v) is 8.84. The smallest absolute Gasteiger partial charge is 0.343 e. The number of cyclic esters (lactones) is 1. The largest absolute Gasteiger partial charge is 0.458 e. The van der Waals surface area contributed by atoms with Gasteiger partial charge < -0.3 is 25.0 Å². The molecule has 3 N–H and O–H groups in total. The number of hydrogen-bond acceptors (Lipinski definition) is 7. The Labute approximate surface area is 249 Å². The Kier molecular flexibility index (Phi) is 7.40. The number of benzene rings is 2. The number of carbonyl (C=O) groups excluding carboxylic acids is 2. The van der Waals surface area contributed by atoms with Crippen LogP contribution in [0.1, 0.15) is 55.0 Å². The summed E-state index contributed by atoms with van der Waals surface area (Å²) in [7, 11) is 0. The highest BCUT2D eigenvalue weighted by atomic mass is 16.6. The molecule has 222 valence electrons. The van der Waals surface area contributed by atoms with Gasteiger partial charge in [-0.05, 0) is 56.4 Å². The van der Waals surface area contributed by atoms with Crippen molar-refractivity contribution >= 4 is 22.8 Å². The summed E-state index contributed by atoms with van der Waals surface area (Å²) in [6.07, 6.45) is 1.07. The molecule has 0 aliphatic carbocycles. The van der Waals surface area contributed by atoms with Gasteiger partial charge in [0.2, 0.25) is 5.91 Å². The predicted octanol–water partition coefficient (Wildman–Crippen LogP) is 3.43. The van der Waals surface area contributed by atoms with Crippen LogP contribution in [0.5, 0.6) is 0 Å². The Bertz CT molecular complexity index is 1800. The van der Waals surface area contributed by atoms with Crippen LogP contribution in [0.4, 0.5) is 0 Å². The van der Waals surface area contributed by atoms with Crippen molar-refractivity contribution in [2.45, 2.75) is 70.9 Å². The molecule has 2 aliphatic rings. The molecular weight excluding hydrogens is 544 g/mol. The highest BCUT2D eigenvalue weighted by molar-refractivity contribution is 5.89. The highest BCUT2D eigenvalue weighted by Crippen LogP contribution is 2.40. The Morgan fingerprint density at radius 1 is 1.12 bits per heavy atom. The van der Waals surface area contributed by atoms with E-state index in [9.17, 15) is 19.5 Å². The van der Waals surface area contributed by atoms with Gasteiger partial charge in [0, 0.05) is 29.1 Å². The number of nitrogens with zero attached hydrogens (tertiary/aromatic N) is 3. The second-order valence-electron chi connectivity index (χ2n) is 11.7. The minimum Gasteiger partial charge on any atom is -0.458 e. The van der Waals surface area contributed by atoms with Crippen LogP contribution in [0.2, 0.25) is 0 Å². The van der Waals surface area contributed by atoms with Crippen LogP contribution in [0, 0.1) is 0 Å². The van der Waals surface area contributed by atoms with Gasteiger partial charge in [-0.1, -0.05) is 55.5 Å². The third kappa shape index (κ3) is 4.82. The molecule has 2 aliphatic heterocycles. The molecule has 0 unspecified atom stereocenters. The Balaban J connectivity index is 1.38. The summed E-state index contributed by atoms with van der Waals surface area (Å²) in [4.78, 5) is 46.6. The molecule has 0 bridgehead atoms. The molecule has 0 spiro atoms. The van der Waals surface area contributed by atoms with Crippen LogP contribution in [0.25, 0.3) is 22.3 Å². The number of fused-ring (bicyclic) bond motifs is 5. The first kappa shape index (κ1) is 28.8. The molecule has 0 fully saturated rings. The summed E-state index contributed by atoms with van der Waals surface area (Å²) in [5, 5.41) is 12.2. The summed E-state index contributed by atoms with van der Waals surface area (Å²) < 4.78 is 6.86. The number of amides is 1. The lowest BCUT2D eigenvalue weighted by Gasteiger charge is -2.31. The van der Waals surface area contributed by atoms with E-state index in [0.717, 1.165) is 27.6 Å². The molecule has 1 amide bonds. The summed E-state index contributed by atoms with van der Waals surface area (Å²) in [5.41, 5.74) is 9.71. The first-order valence-electron chi connectivity index (χ1n) is 14.8. The molecule has 4 aromatic rings. The maximum atomic E-state index is 13.7. The molecule has 2 atom stereocenters. The normalized spacial score (nSPS) is 17.8. The van der Waals surface area contributed by atoms with Crippen LogP contribution >= 0.6 is 0 Å². The van der Waals surface area contributed by atoms with E-state index in [1.807, 2.05) is 73.3 Å². The Hall–Kier alpha value is -4.34. The Morgan fingerprint density at radius 2 is 1.84 bits per heavy atom. The average molecular weight is 581 g/mol. The van der Waals surface area contributed by atoms with Crippen molar-refractivity contribution in [3.8, 4) is 11.4 Å². The summed E-state index contributed by atoms with van der Waals surface area (Å²) in [6.45, 7) is 6.22. The zero-order chi connectivity index (χ0) is 30.5. The maximum absolute atomic E-state index is 13.7. The first-order valence-corrected chi connectivity index (χ1v) is 14.8. The number of hydrogen-bond donors (Lipinski definition) is 2. The van der Waals surface area contributed by atoms with Gasteiger partial charge in [-0.25, -0.2) is 9.78 Å². The van der Waals surface area contributed by atoms with Gasteiger partial charge in [0.15, 0.2) is 5.60 Å². The van der Waals surface area contributed by atoms with Crippen LogP contribution in [0.15, 0.2) is 65.5 Å². The lowest BCUT2D eigenvalue weighted by atomic mass is 9.86. The maximum Gasteiger partial charge on any atom is 0.343 e. The Morgan fingerprint density at radius 3 is 2.56 bits per heavy atom. The minimum absolute atomic E-state index is 0.0636. The van der Waals surface area contributed by atoms with E-state index in [-0.39, 0.29) is 41.7 Å². The lowest BCUT2D eigenvalue weighted by molar-refractivity contribution is -0.172. The standard InChI is InChI=1S/C34H36N4O5/c1-4-34(42)26-17-29-30-24(18-38(29)31(39)25(26)19-43-33(34)41)22(23-12-8-9-13-28(23)36-30)14-15-37(20(2)3)32(40)27(35)16-21-10-6-5-7-11-21/h5-13,17,20,27,42H,4,14-16,18-19,35H2,1-3H3/t27-,34-/m0/s1. The number of esters is 1. The molecule has 2 aromatic carbocycles. The van der Waals surface area contributed by atoms with Crippen molar-refractivity contribution in [3.05, 3.63) is 98.8 Å². The predicted molar refractivity (Wildman–Crippen MR) is 163 cm³/mol. The van der Waals surface area contributed by atoms with Crippen molar-refractivity contribution in [1.29, 1.82) is 0 Å². The number of carbonyl (C=O) groups is 2. The van der Waals surface area contributed by atoms with Crippen molar-refractivity contribution in [1.82, 2.24) is 14.5 Å². The second kappa shape index (κ2) is 11.1. The van der Waals surface area contributed by atoms with E-state index >= 15 is 0 Å². The zero-order valence-corrected chi connectivity index (χ0v) is 24.7. The molecule has 0 saturated heterocycles. The molecule has 0 saturated carbocycles. The van der Waals surface area contributed by atoms with Crippen molar-refractivity contribution in [2.75, 3.05) is 6.54 Å². The van der Waals surface area contributed by atoms with Crippen molar-refractivity contribution < 1.29 is 19.4 Å². The zero-order valence-electron chi connectivity index (χ0n) is 24.7. The molecule has 9 heteroatoms. The number of nitrogens with two attached hydrogens (primary N) is 1. The van der Waals surface area contributed by atoms with Crippen LogP contribution in [-0.2, 0) is 45.9 Å². The van der Waals surface area contributed by atoms with Crippen LogP contribution in [0.3, 0.4) is 0 Å². The van der Waals surface area contributed by atoms with Gasteiger partial charge in [-0.3, -0.25) is 9.59 Å². The molecule has 9 nitrogen and oxygen atoms in total. The summed E-state index contributed by atoms with van der Waals surface area (Å²) in [5.74, 6) is -0.856. The van der Waals surface area contributed by atoms with Crippen molar-refractivity contribution in [2.24, 2.45) is 5.73 Å². The van der Waals surface area contributed by atoms with Gasteiger partial charge in [0.05, 0.1) is 35.1 Å². The fourth-order valence-corrected chi connectivity index (χ4v) is 6.42. The average Bonchev–Trinajstić information content (AvgIpc) is 3.37. The van der Waals surface area contributed by atoms with Crippen LogP contribution < -0.4 is 11.3 Å². The second-order valence-corrected chi connectivity index (χ2v) is 11.7. The molecular formula is C34H36N4O5. The van der Waals surface area contributed by atoms with E-state index in [2.05, 4.69) is 0 Å². The number of aliphatic hydroxyl groups is 1. The first-order chi connectivity index (χ1) is 20.6. The van der Waals surface area contributed by atoms with E-state index in [0.29, 0.717) is 37.3 Å². The van der Waals surface area contributed by atoms with Gasteiger partial charge in [0.1, 0.15) is 6.61 Å². The minimum atomic E-state index is -1.89. The van der Waals surface area contributed by atoms with Crippen molar-refractivity contribution in [3.63, 3.8) is 0 Å². The van der Waals surface area contributed by atoms with E-state index in [4.69, 9.17) is 15.5 Å². The van der Waals surface area contributed by atoms with Gasteiger partial charge in [-0.15, -0.1) is 0 Å². The number of ether oxygens (including phenoxy) is 1. The van der Waals surface area contributed by atoms with E-state index in [1.54, 1.807) is 17.6 Å². The van der Waals surface area contributed by atoms with E-state index < -0.39 is 17.6 Å². The summed E-state index contributed by atoms with van der Waals surface area (Å²) >= 11 is 0. The fraction of sp³-hybridized carbons (Fsp3) is 0.353. The molecule has 0 radical (unpaired) electrons. The van der Waals surface area contributed by atoms with E-state index in [1.165, 1.54) is 0 Å². The number of pyridine rings is 2. The van der Waals surface area contributed by atoms with Gasteiger partial charge in [0.25, 0.3) is 5.56 Å². The van der Waals surface area contributed by atoms with Gasteiger partial charge in [-0.2, -0.15) is 0 Å². The van der Waals surface area contributed by atoms with Crippen LogP contribution in [-0.4, -0.2) is 50.1 Å². The number of aromatic nitrogens is 2. The molecule has 6 rings (SSSR count).